The molecule has 0 saturated carbocycles. The van der Waals surface area contributed by atoms with Gasteiger partial charge in [0.15, 0.2) is 5.13 Å². The predicted octanol–water partition coefficient (Wildman–Crippen LogP) is 3.33. The number of aromatic nitrogens is 1. The zero-order valence-electron chi connectivity index (χ0n) is 11.4. The van der Waals surface area contributed by atoms with E-state index in [1.54, 1.807) is 22.7 Å². The Morgan fingerprint density at radius 3 is 2.84 bits per heavy atom. The van der Waals surface area contributed by atoms with Gasteiger partial charge in [-0.1, -0.05) is 30.7 Å². The number of aliphatic hydroxyl groups is 1. The number of nitrogens with zero attached hydrogens (tertiary/aromatic N) is 2. The highest BCUT2D eigenvalue weighted by Crippen LogP contribution is 2.27. The van der Waals surface area contributed by atoms with E-state index in [-0.39, 0.29) is 6.61 Å². The molecule has 2 aromatic heterocycles. The molecule has 0 fully saturated rings. The lowest BCUT2D eigenvalue weighted by Crippen LogP contribution is -2.19. The minimum absolute atomic E-state index is 0.103. The first-order valence-electron chi connectivity index (χ1n) is 6.57. The van der Waals surface area contributed by atoms with Crippen molar-refractivity contribution in [3.05, 3.63) is 33.0 Å². The third-order valence-corrected chi connectivity index (χ3v) is 5.13. The maximum absolute atomic E-state index is 9.37. The second-order valence-corrected chi connectivity index (χ2v) is 6.62. The van der Waals surface area contributed by atoms with Gasteiger partial charge in [0.2, 0.25) is 0 Å². The topological polar surface area (TPSA) is 36.4 Å². The fourth-order valence-corrected chi connectivity index (χ4v) is 3.57. The minimum atomic E-state index is 0.103. The minimum Gasteiger partial charge on any atom is -0.391 e. The van der Waals surface area contributed by atoms with E-state index in [0.717, 1.165) is 41.5 Å². The molecule has 3 nitrogen and oxygen atoms in total. The number of aryl methyl sites for hydroxylation is 1. The maximum atomic E-state index is 9.37. The van der Waals surface area contributed by atoms with Crippen LogP contribution >= 0.6 is 22.7 Å². The fraction of sp³-hybridized carbons (Fsp3) is 0.500. The van der Waals surface area contributed by atoms with Crippen LogP contribution in [0.15, 0.2) is 17.5 Å². The molecule has 0 unspecified atom stereocenters. The number of aliphatic hydroxyl groups excluding tert-OH is 1. The molecule has 104 valence electrons. The Morgan fingerprint density at radius 2 is 2.21 bits per heavy atom. The molecule has 0 aliphatic carbocycles. The lowest BCUT2D eigenvalue weighted by Gasteiger charge is -2.14. The van der Waals surface area contributed by atoms with Crippen LogP contribution in [0.4, 0.5) is 5.13 Å². The van der Waals surface area contributed by atoms with Gasteiger partial charge >= 0.3 is 0 Å². The van der Waals surface area contributed by atoms with Crippen LogP contribution in [0, 0.1) is 0 Å². The zero-order valence-corrected chi connectivity index (χ0v) is 13.1. The summed E-state index contributed by atoms with van der Waals surface area (Å²) in [6.07, 6.45) is 3.06. The number of anilines is 1. The van der Waals surface area contributed by atoms with Crippen LogP contribution < -0.4 is 4.90 Å². The van der Waals surface area contributed by atoms with Crippen LogP contribution in [0.3, 0.4) is 0 Å². The molecule has 0 bridgehead atoms. The summed E-state index contributed by atoms with van der Waals surface area (Å²) in [4.78, 5) is 9.26. The number of hydrogen-bond donors (Lipinski definition) is 1. The molecule has 2 aromatic rings. The first-order chi connectivity index (χ1) is 9.24. The van der Waals surface area contributed by atoms with E-state index in [0.29, 0.717) is 0 Å². The Labute approximate surface area is 122 Å². The molecule has 0 aliphatic heterocycles. The van der Waals surface area contributed by atoms with Gasteiger partial charge in [-0.3, -0.25) is 0 Å². The first kappa shape index (κ1) is 14.5. The highest BCUT2D eigenvalue weighted by molar-refractivity contribution is 7.15. The second kappa shape index (κ2) is 7.03. The molecular weight excluding hydrogens is 276 g/mol. The number of rotatable bonds is 7. The van der Waals surface area contributed by atoms with Crippen molar-refractivity contribution in [2.45, 2.75) is 32.8 Å². The van der Waals surface area contributed by atoms with Crippen LogP contribution in [-0.2, 0) is 19.4 Å². The Morgan fingerprint density at radius 1 is 1.37 bits per heavy atom. The molecule has 0 aromatic carbocycles. The molecule has 2 heterocycles. The van der Waals surface area contributed by atoms with Gasteiger partial charge in [-0.2, -0.15) is 0 Å². The van der Waals surface area contributed by atoms with E-state index in [2.05, 4.69) is 41.4 Å². The molecular formula is C14H20N2OS2. The van der Waals surface area contributed by atoms with Crippen LogP contribution in [0.2, 0.25) is 0 Å². The van der Waals surface area contributed by atoms with E-state index in [1.165, 1.54) is 4.88 Å². The number of likely N-dealkylation sites (N-methyl/N-ethyl adjacent to an activating group) is 1. The third-order valence-electron chi connectivity index (χ3n) is 3.00. The predicted molar refractivity (Wildman–Crippen MR) is 83.3 cm³/mol. The smallest absolute Gasteiger partial charge is 0.185 e. The maximum Gasteiger partial charge on any atom is 0.185 e. The third kappa shape index (κ3) is 3.78. The monoisotopic (exact) mass is 296 g/mol. The molecule has 0 aliphatic rings. The van der Waals surface area contributed by atoms with Gasteiger partial charge in [-0.05, 0) is 24.3 Å². The molecule has 5 heteroatoms. The van der Waals surface area contributed by atoms with Crippen molar-refractivity contribution in [3.63, 3.8) is 0 Å². The van der Waals surface area contributed by atoms with E-state index < -0.39 is 0 Å². The average molecular weight is 296 g/mol. The van der Waals surface area contributed by atoms with Gasteiger partial charge in [-0.25, -0.2) is 4.98 Å². The SMILES string of the molecule is CCCc1nc(N(C)CCc2cccs2)sc1CO. The Kier molecular flexibility index (Phi) is 5.36. The van der Waals surface area contributed by atoms with E-state index >= 15 is 0 Å². The zero-order chi connectivity index (χ0) is 13.7. The normalized spacial score (nSPS) is 10.9. The summed E-state index contributed by atoms with van der Waals surface area (Å²) in [5.74, 6) is 0. The Balaban J connectivity index is 1.99. The molecule has 0 spiro atoms. The molecule has 0 radical (unpaired) electrons. The fourth-order valence-electron chi connectivity index (χ4n) is 1.92. The average Bonchev–Trinajstić information content (AvgIpc) is 3.05. The number of hydrogen-bond acceptors (Lipinski definition) is 5. The largest absolute Gasteiger partial charge is 0.391 e. The summed E-state index contributed by atoms with van der Waals surface area (Å²) in [5.41, 5.74) is 1.06. The number of thiophene rings is 1. The summed E-state index contributed by atoms with van der Waals surface area (Å²) in [6.45, 7) is 3.21. The first-order valence-corrected chi connectivity index (χ1v) is 8.27. The summed E-state index contributed by atoms with van der Waals surface area (Å²) < 4.78 is 0. The lowest BCUT2D eigenvalue weighted by atomic mass is 10.2. The highest BCUT2D eigenvalue weighted by atomic mass is 32.1. The van der Waals surface area contributed by atoms with Crippen LogP contribution in [-0.4, -0.2) is 23.7 Å². The molecule has 0 amide bonds. The van der Waals surface area contributed by atoms with Crippen LogP contribution in [0.25, 0.3) is 0 Å². The molecule has 1 N–H and O–H groups in total. The van der Waals surface area contributed by atoms with Crippen molar-refractivity contribution in [1.82, 2.24) is 4.98 Å². The van der Waals surface area contributed by atoms with E-state index in [9.17, 15) is 5.11 Å². The van der Waals surface area contributed by atoms with Crippen molar-refractivity contribution < 1.29 is 5.11 Å². The summed E-state index contributed by atoms with van der Waals surface area (Å²) >= 11 is 3.41. The van der Waals surface area contributed by atoms with Crippen molar-refractivity contribution in [3.8, 4) is 0 Å². The van der Waals surface area contributed by atoms with Gasteiger partial charge in [0, 0.05) is 18.5 Å². The van der Waals surface area contributed by atoms with Gasteiger partial charge in [-0.15, -0.1) is 11.3 Å². The molecule has 19 heavy (non-hydrogen) atoms. The van der Waals surface area contributed by atoms with Crippen molar-refractivity contribution >= 4 is 27.8 Å². The highest BCUT2D eigenvalue weighted by Gasteiger charge is 2.12. The Hall–Kier alpha value is -0.910. The van der Waals surface area contributed by atoms with E-state index in [1.807, 2.05) is 0 Å². The van der Waals surface area contributed by atoms with Crippen molar-refractivity contribution in [1.29, 1.82) is 0 Å². The Bertz CT molecular complexity index is 494. The number of thiazole rings is 1. The van der Waals surface area contributed by atoms with Gasteiger partial charge in [0.05, 0.1) is 17.2 Å². The van der Waals surface area contributed by atoms with Gasteiger partial charge < -0.3 is 10.0 Å². The van der Waals surface area contributed by atoms with E-state index in [4.69, 9.17) is 0 Å². The summed E-state index contributed by atoms with van der Waals surface area (Å²) in [5, 5.41) is 12.5. The second-order valence-electron chi connectivity index (χ2n) is 4.53. The van der Waals surface area contributed by atoms with Crippen LogP contribution in [0.1, 0.15) is 28.8 Å². The van der Waals surface area contributed by atoms with Gasteiger partial charge in [0.1, 0.15) is 0 Å². The van der Waals surface area contributed by atoms with Crippen LogP contribution in [0.5, 0.6) is 0 Å². The van der Waals surface area contributed by atoms with Crippen molar-refractivity contribution in [2.75, 3.05) is 18.5 Å². The molecule has 0 atom stereocenters. The molecule has 2 rings (SSSR count). The van der Waals surface area contributed by atoms with Gasteiger partial charge in [0.25, 0.3) is 0 Å². The quantitative estimate of drug-likeness (QED) is 0.851. The van der Waals surface area contributed by atoms with Crippen molar-refractivity contribution in [2.24, 2.45) is 0 Å². The summed E-state index contributed by atoms with van der Waals surface area (Å²) in [7, 11) is 2.07. The lowest BCUT2D eigenvalue weighted by molar-refractivity contribution is 0.284. The standard InChI is InChI=1S/C14H20N2OS2/c1-3-5-12-13(10-17)19-14(15-12)16(2)8-7-11-6-4-9-18-11/h4,6,9,17H,3,5,7-8,10H2,1-2H3. The molecule has 0 saturated heterocycles. The summed E-state index contributed by atoms with van der Waals surface area (Å²) in [6, 6.07) is 4.26.